The normalized spacial score (nSPS) is 13.4. The smallest absolute Gasteiger partial charge is 0.321 e. The summed E-state index contributed by atoms with van der Waals surface area (Å²) in [7, 11) is 0. The first-order valence-electron chi connectivity index (χ1n) is 4.57. The highest BCUT2D eigenvalue weighted by Gasteiger charge is 2.17. The summed E-state index contributed by atoms with van der Waals surface area (Å²) < 4.78 is 0. The number of nitrogens with one attached hydrogen (secondary N) is 2. The maximum absolute atomic E-state index is 11.2. The third-order valence-corrected chi connectivity index (χ3v) is 1.64. The fourth-order valence-corrected chi connectivity index (χ4v) is 0.896. The zero-order valence-corrected chi connectivity index (χ0v) is 8.90. The molecular formula is C9H15N3O4. The number of hydrogen-bond donors (Lipinski definition) is 4. The molecule has 7 nitrogen and oxygen atoms in total. The first kappa shape index (κ1) is 14.1. The first-order chi connectivity index (χ1) is 7.36. The summed E-state index contributed by atoms with van der Waals surface area (Å²) in [4.78, 5) is 32.4. The van der Waals surface area contributed by atoms with E-state index in [4.69, 9.17) is 10.8 Å². The molecule has 2 unspecified atom stereocenters. The van der Waals surface area contributed by atoms with Gasteiger partial charge in [0.1, 0.15) is 6.04 Å². The number of carboxylic acid groups (broad SMARTS) is 1. The lowest BCUT2D eigenvalue weighted by molar-refractivity contribution is -0.140. The Balaban J connectivity index is 4.00. The number of nitrogens with two attached hydrogens (primary N) is 1. The molecule has 0 bridgehead atoms. The Bertz CT molecular complexity index is 303. The van der Waals surface area contributed by atoms with Crippen molar-refractivity contribution in [3.63, 3.8) is 0 Å². The summed E-state index contributed by atoms with van der Waals surface area (Å²) in [6.07, 6.45) is 0.105. The molecule has 0 aliphatic carbocycles. The van der Waals surface area contributed by atoms with Crippen LogP contribution in [0.25, 0.3) is 0 Å². The van der Waals surface area contributed by atoms with E-state index in [-0.39, 0.29) is 6.42 Å². The van der Waals surface area contributed by atoms with Crippen LogP contribution < -0.4 is 16.4 Å². The zero-order chi connectivity index (χ0) is 12.7. The molecule has 0 saturated heterocycles. The Morgan fingerprint density at radius 1 is 1.44 bits per heavy atom. The second-order valence-corrected chi connectivity index (χ2v) is 3.15. The van der Waals surface area contributed by atoms with Gasteiger partial charge >= 0.3 is 5.97 Å². The Labute approximate surface area is 92.7 Å². The molecule has 0 fully saturated rings. The van der Waals surface area contributed by atoms with Gasteiger partial charge in [0.05, 0.1) is 12.6 Å². The zero-order valence-electron chi connectivity index (χ0n) is 8.90. The maximum atomic E-state index is 11.2. The minimum absolute atomic E-state index is 0.344. The van der Waals surface area contributed by atoms with E-state index in [2.05, 4.69) is 17.2 Å². The molecule has 0 aromatic rings. The molecule has 16 heavy (non-hydrogen) atoms. The van der Waals surface area contributed by atoms with Gasteiger partial charge in [-0.25, -0.2) is 0 Å². The van der Waals surface area contributed by atoms with Crippen molar-refractivity contribution in [3.05, 3.63) is 12.7 Å². The van der Waals surface area contributed by atoms with Crippen molar-refractivity contribution >= 4 is 17.8 Å². The van der Waals surface area contributed by atoms with Crippen LogP contribution in [-0.4, -0.2) is 35.1 Å². The lowest BCUT2D eigenvalue weighted by Crippen LogP contribution is -2.47. The Morgan fingerprint density at radius 3 is 2.44 bits per heavy atom. The number of carboxylic acids is 1. The molecule has 0 aliphatic heterocycles. The van der Waals surface area contributed by atoms with Crippen LogP contribution in [0.4, 0.5) is 0 Å². The molecule has 0 aromatic carbocycles. The van der Waals surface area contributed by atoms with Gasteiger partial charge in [-0.15, -0.1) is 0 Å². The SMILES string of the molecule is C=CC(=O)NC(C)NC(=O)CC(N)C(=O)O. The van der Waals surface area contributed by atoms with Crippen LogP contribution in [-0.2, 0) is 14.4 Å². The molecule has 0 spiro atoms. The Hall–Kier alpha value is -1.89. The van der Waals surface area contributed by atoms with Crippen molar-refractivity contribution in [2.45, 2.75) is 25.6 Å². The summed E-state index contributed by atoms with van der Waals surface area (Å²) in [5.74, 6) is -2.24. The predicted octanol–water partition coefficient (Wildman–Crippen LogP) is -1.45. The van der Waals surface area contributed by atoms with Crippen LogP contribution in [0.3, 0.4) is 0 Å². The minimum Gasteiger partial charge on any atom is -0.480 e. The van der Waals surface area contributed by atoms with Gasteiger partial charge in [0.2, 0.25) is 11.8 Å². The topological polar surface area (TPSA) is 122 Å². The third kappa shape index (κ3) is 5.76. The van der Waals surface area contributed by atoms with Gasteiger partial charge in [0, 0.05) is 0 Å². The number of carbonyl (C=O) groups excluding carboxylic acids is 2. The second-order valence-electron chi connectivity index (χ2n) is 3.15. The minimum atomic E-state index is -1.25. The van der Waals surface area contributed by atoms with E-state index >= 15 is 0 Å². The molecule has 0 rings (SSSR count). The van der Waals surface area contributed by atoms with Crippen LogP contribution in [0.2, 0.25) is 0 Å². The van der Waals surface area contributed by atoms with E-state index in [1.807, 2.05) is 0 Å². The summed E-state index contributed by atoms with van der Waals surface area (Å²) >= 11 is 0. The van der Waals surface area contributed by atoms with Crippen LogP contribution in [0.5, 0.6) is 0 Å². The van der Waals surface area contributed by atoms with E-state index < -0.39 is 30.0 Å². The fraction of sp³-hybridized carbons (Fsp3) is 0.444. The number of hydrogen-bond acceptors (Lipinski definition) is 4. The van der Waals surface area contributed by atoms with Gasteiger partial charge in [-0.2, -0.15) is 0 Å². The highest BCUT2D eigenvalue weighted by Crippen LogP contribution is 1.89. The molecule has 2 atom stereocenters. The maximum Gasteiger partial charge on any atom is 0.321 e. The summed E-state index contributed by atoms with van der Waals surface area (Å²) in [6.45, 7) is 4.78. The molecular weight excluding hydrogens is 214 g/mol. The number of carbonyl (C=O) groups is 3. The molecule has 90 valence electrons. The van der Waals surface area contributed by atoms with Gasteiger partial charge < -0.3 is 21.5 Å². The molecule has 0 saturated carbocycles. The first-order valence-corrected chi connectivity index (χ1v) is 4.57. The van der Waals surface area contributed by atoms with Crippen molar-refractivity contribution in [2.24, 2.45) is 5.73 Å². The van der Waals surface area contributed by atoms with Crippen LogP contribution in [0.1, 0.15) is 13.3 Å². The average molecular weight is 229 g/mol. The van der Waals surface area contributed by atoms with Gasteiger partial charge in [0.25, 0.3) is 0 Å². The second kappa shape index (κ2) is 6.57. The lowest BCUT2D eigenvalue weighted by atomic mass is 10.2. The van der Waals surface area contributed by atoms with E-state index in [0.29, 0.717) is 0 Å². The quantitative estimate of drug-likeness (QED) is 0.328. The molecule has 0 aliphatic rings. The molecule has 5 N–H and O–H groups in total. The average Bonchev–Trinajstić information content (AvgIpc) is 2.16. The largest absolute Gasteiger partial charge is 0.480 e. The Kier molecular flexibility index (Phi) is 5.79. The van der Waals surface area contributed by atoms with Gasteiger partial charge in [-0.1, -0.05) is 6.58 Å². The molecule has 7 heteroatoms. The third-order valence-electron chi connectivity index (χ3n) is 1.64. The van der Waals surface area contributed by atoms with E-state index in [9.17, 15) is 14.4 Å². The Morgan fingerprint density at radius 2 is 2.00 bits per heavy atom. The highest BCUT2D eigenvalue weighted by molar-refractivity contribution is 5.88. The number of amides is 2. The van der Waals surface area contributed by atoms with Crippen LogP contribution in [0, 0.1) is 0 Å². The van der Waals surface area contributed by atoms with Gasteiger partial charge in [0.15, 0.2) is 0 Å². The molecule has 2 amide bonds. The highest BCUT2D eigenvalue weighted by atomic mass is 16.4. The van der Waals surface area contributed by atoms with E-state index in [0.717, 1.165) is 6.08 Å². The van der Waals surface area contributed by atoms with Gasteiger partial charge in [-0.05, 0) is 13.0 Å². The van der Waals surface area contributed by atoms with E-state index in [1.165, 1.54) is 6.92 Å². The van der Waals surface area contributed by atoms with Crippen molar-refractivity contribution in [3.8, 4) is 0 Å². The summed E-state index contributed by atoms with van der Waals surface area (Å²) in [5, 5.41) is 13.2. The van der Waals surface area contributed by atoms with Crippen molar-refractivity contribution in [2.75, 3.05) is 0 Å². The number of aliphatic carboxylic acids is 1. The van der Waals surface area contributed by atoms with Crippen LogP contribution in [0.15, 0.2) is 12.7 Å². The molecule has 0 aromatic heterocycles. The molecule has 0 radical (unpaired) electrons. The van der Waals surface area contributed by atoms with Crippen molar-refractivity contribution < 1.29 is 19.5 Å². The monoisotopic (exact) mass is 229 g/mol. The van der Waals surface area contributed by atoms with Crippen molar-refractivity contribution in [1.29, 1.82) is 0 Å². The lowest BCUT2D eigenvalue weighted by Gasteiger charge is -2.15. The van der Waals surface area contributed by atoms with Crippen molar-refractivity contribution in [1.82, 2.24) is 10.6 Å². The standard InChI is InChI=1S/C9H15N3O4/c1-3-7(13)11-5(2)12-8(14)4-6(10)9(15)16/h3,5-6H,1,4,10H2,2H3,(H,11,13)(H,12,14)(H,15,16). The summed E-state index contributed by atoms with van der Waals surface area (Å²) in [6, 6.07) is -1.25. The van der Waals surface area contributed by atoms with E-state index in [1.54, 1.807) is 0 Å². The predicted molar refractivity (Wildman–Crippen MR) is 56.2 cm³/mol. The van der Waals surface area contributed by atoms with Crippen LogP contribution >= 0.6 is 0 Å². The number of rotatable bonds is 6. The fourth-order valence-electron chi connectivity index (χ4n) is 0.896. The summed E-state index contributed by atoms with van der Waals surface area (Å²) in [5.41, 5.74) is 5.16. The van der Waals surface area contributed by atoms with Gasteiger partial charge in [-0.3, -0.25) is 14.4 Å². The molecule has 0 heterocycles.